The van der Waals surface area contributed by atoms with E-state index in [9.17, 15) is 10.1 Å². The Morgan fingerprint density at radius 1 is 1.50 bits per heavy atom. The van der Waals surface area contributed by atoms with E-state index < -0.39 is 11.1 Å². The molecule has 0 aromatic heterocycles. The van der Waals surface area contributed by atoms with E-state index in [0.717, 1.165) is 13.1 Å². The first-order valence-electron chi connectivity index (χ1n) is 6.28. The van der Waals surface area contributed by atoms with E-state index in [0.29, 0.717) is 12.8 Å². The zero-order valence-corrected chi connectivity index (χ0v) is 11.7. The molecule has 102 valence electrons. The van der Waals surface area contributed by atoms with E-state index in [2.05, 4.69) is 16.3 Å². The van der Waals surface area contributed by atoms with Crippen molar-refractivity contribution in [2.24, 2.45) is 0 Å². The van der Waals surface area contributed by atoms with Crippen molar-refractivity contribution in [3.05, 3.63) is 0 Å². The molecule has 1 saturated heterocycles. The second-order valence-corrected chi connectivity index (χ2v) is 5.69. The summed E-state index contributed by atoms with van der Waals surface area (Å²) in [6, 6.07) is 2.27. The summed E-state index contributed by atoms with van der Waals surface area (Å²) in [5.41, 5.74) is -1.19. The molecule has 0 atom stereocenters. The van der Waals surface area contributed by atoms with E-state index in [1.54, 1.807) is 7.11 Å². The predicted molar refractivity (Wildman–Crippen MR) is 68.9 cm³/mol. The highest BCUT2D eigenvalue weighted by atomic mass is 16.5. The lowest BCUT2D eigenvalue weighted by Gasteiger charge is -2.36. The van der Waals surface area contributed by atoms with Crippen molar-refractivity contribution in [3.63, 3.8) is 0 Å². The first-order valence-corrected chi connectivity index (χ1v) is 6.28. The number of hydrogen-bond acceptors (Lipinski definition) is 4. The third kappa shape index (κ3) is 3.97. The van der Waals surface area contributed by atoms with Gasteiger partial charge >= 0.3 is 0 Å². The number of rotatable bonds is 4. The topological polar surface area (TPSA) is 65.4 Å². The summed E-state index contributed by atoms with van der Waals surface area (Å²) in [5, 5.41) is 12.2. The van der Waals surface area contributed by atoms with E-state index in [4.69, 9.17) is 4.74 Å². The Balaban J connectivity index is 2.59. The molecule has 1 heterocycles. The molecule has 0 aromatic rings. The molecule has 1 amide bonds. The van der Waals surface area contributed by atoms with Gasteiger partial charge in [0.2, 0.25) is 5.91 Å². The van der Waals surface area contributed by atoms with Gasteiger partial charge in [0.05, 0.1) is 18.1 Å². The SMILES string of the molecule is COC(C)(C)CC(=O)NC1(C#N)CCN(C)CC1. The fourth-order valence-corrected chi connectivity index (χ4v) is 2.03. The van der Waals surface area contributed by atoms with Crippen LogP contribution >= 0.6 is 0 Å². The lowest BCUT2D eigenvalue weighted by atomic mass is 9.88. The number of hydrogen-bond donors (Lipinski definition) is 1. The minimum atomic E-state index is -0.701. The second-order valence-electron chi connectivity index (χ2n) is 5.69. The minimum Gasteiger partial charge on any atom is -0.378 e. The smallest absolute Gasteiger partial charge is 0.224 e. The number of nitrogens with one attached hydrogen (secondary N) is 1. The average Bonchev–Trinajstić information content (AvgIpc) is 2.32. The number of ether oxygens (including phenoxy) is 1. The van der Waals surface area contributed by atoms with Crippen molar-refractivity contribution < 1.29 is 9.53 Å². The quantitative estimate of drug-likeness (QED) is 0.808. The Bertz CT molecular complexity index is 339. The predicted octanol–water partition coefficient (Wildman–Crippen LogP) is 0.906. The van der Waals surface area contributed by atoms with Crippen LogP contribution in [-0.2, 0) is 9.53 Å². The van der Waals surface area contributed by atoms with Crippen LogP contribution in [0.5, 0.6) is 0 Å². The molecule has 18 heavy (non-hydrogen) atoms. The van der Waals surface area contributed by atoms with Crippen molar-refractivity contribution in [2.75, 3.05) is 27.2 Å². The van der Waals surface area contributed by atoms with Crippen molar-refractivity contribution in [3.8, 4) is 6.07 Å². The normalized spacial score (nSPS) is 20.2. The van der Waals surface area contributed by atoms with Crippen molar-refractivity contribution in [1.29, 1.82) is 5.26 Å². The Morgan fingerprint density at radius 2 is 2.06 bits per heavy atom. The van der Waals surface area contributed by atoms with Crippen LogP contribution in [0.1, 0.15) is 33.1 Å². The number of methoxy groups -OCH3 is 1. The summed E-state index contributed by atoms with van der Waals surface area (Å²) in [6.45, 7) is 5.39. The molecule has 5 heteroatoms. The molecule has 1 aliphatic heterocycles. The van der Waals surface area contributed by atoms with Gasteiger partial charge in [0, 0.05) is 20.2 Å². The zero-order valence-electron chi connectivity index (χ0n) is 11.7. The summed E-state index contributed by atoms with van der Waals surface area (Å²) >= 11 is 0. The molecule has 0 bridgehead atoms. The van der Waals surface area contributed by atoms with E-state index >= 15 is 0 Å². The highest BCUT2D eigenvalue weighted by Crippen LogP contribution is 2.22. The molecule has 0 aromatic carbocycles. The summed E-state index contributed by atoms with van der Waals surface area (Å²) in [5.74, 6) is -0.118. The molecule has 1 fully saturated rings. The molecule has 0 unspecified atom stereocenters. The molecule has 0 saturated carbocycles. The summed E-state index contributed by atoms with van der Waals surface area (Å²) in [6.07, 6.45) is 1.63. The van der Waals surface area contributed by atoms with Gasteiger partial charge in [0.25, 0.3) is 0 Å². The summed E-state index contributed by atoms with van der Waals surface area (Å²) in [4.78, 5) is 14.1. The summed E-state index contributed by atoms with van der Waals surface area (Å²) in [7, 11) is 3.61. The molecule has 1 aliphatic rings. The van der Waals surface area contributed by atoms with Crippen LogP contribution in [0.2, 0.25) is 0 Å². The van der Waals surface area contributed by atoms with Crippen LogP contribution in [0.25, 0.3) is 0 Å². The van der Waals surface area contributed by atoms with E-state index in [1.807, 2.05) is 20.9 Å². The third-order valence-corrected chi connectivity index (χ3v) is 3.57. The van der Waals surface area contributed by atoms with Gasteiger partial charge in [-0.3, -0.25) is 4.79 Å². The lowest BCUT2D eigenvalue weighted by molar-refractivity contribution is -0.127. The number of likely N-dealkylation sites (tertiary alicyclic amines) is 1. The minimum absolute atomic E-state index is 0.118. The van der Waals surface area contributed by atoms with E-state index in [1.165, 1.54) is 0 Å². The van der Waals surface area contributed by atoms with Gasteiger partial charge in [-0.15, -0.1) is 0 Å². The maximum absolute atomic E-state index is 12.0. The molecular formula is C13H23N3O2. The average molecular weight is 253 g/mol. The second kappa shape index (κ2) is 5.68. The van der Waals surface area contributed by atoms with Gasteiger partial charge in [-0.2, -0.15) is 5.26 Å². The van der Waals surface area contributed by atoms with Gasteiger partial charge < -0.3 is 15.0 Å². The standard InChI is InChI=1S/C13H23N3O2/c1-12(2,18-4)9-11(17)15-13(10-14)5-7-16(3)8-6-13/h5-9H2,1-4H3,(H,15,17). The molecule has 0 radical (unpaired) electrons. The number of carbonyl (C=O) groups is 1. The van der Waals surface area contributed by atoms with Gasteiger partial charge in [-0.25, -0.2) is 0 Å². The van der Waals surface area contributed by atoms with Crippen molar-refractivity contribution >= 4 is 5.91 Å². The number of nitriles is 1. The van der Waals surface area contributed by atoms with Gasteiger partial charge in [0.1, 0.15) is 5.54 Å². The number of nitrogens with zero attached hydrogens (tertiary/aromatic N) is 2. The van der Waals surface area contributed by atoms with E-state index in [-0.39, 0.29) is 12.3 Å². The Kier molecular flexibility index (Phi) is 4.71. The Labute approximate surface area is 109 Å². The summed E-state index contributed by atoms with van der Waals surface area (Å²) < 4.78 is 5.23. The first-order chi connectivity index (χ1) is 8.32. The molecular weight excluding hydrogens is 230 g/mol. The highest BCUT2D eigenvalue weighted by Gasteiger charge is 2.36. The van der Waals surface area contributed by atoms with Crippen LogP contribution in [-0.4, -0.2) is 49.2 Å². The maximum Gasteiger partial charge on any atom is 0.224 e. The molecule has 0 aliphatic carbocycles. The Morgan fingerprint density at radius 3 is 2.50 bits per heavy atom. The zero-order chi connectivity index (χ0) is 13.8. The molecule has 5 nitrogen and oxygen atoms in total. The van der Waals surface area contributed by atoms with Crippen LogP contribution in [0.15, 0.2) is 0 Å². The maximum atomic E-state index is 12.0. The van der Waals surface area contributed by atoms with Crippen LogP contribution < -0.4 is 5.32 Å². The van der Waals surface area contributed by atoms with Crippen LogP contribution in [0.4, 0.5) is 0 Å². The Hall–Kier alpha value is -1.12. The van der Waals surface area contributed by atoms with Crippen molar-refractivity contribution in [2.45, 2.75) is 44.2 Å². The van der Waals surface area contributed by atoms with Gasteiger partial charge in [-0.1, -0.05) is 0 Å². The molecule has 1 N–H and O–H groups in total. The van der Waals surface area contributed by atoms with Gasteiger partial charge in [0.15, 0.2) is 0 Å². The fraction of sp³-hybridized carbons (Fsp3) is 0.846. The van der Waals surface area contributed by atoms with Crippen molar-refractivity contribution in [1.82, 2.24) is 10.2 Å². The van der Waals surface area contributed by atoms with Gasteiger partial charge in [-0.05, 0) is 33.7 Å². The number of piperidine rings is 1. The number of amides is 1. The monoisotopic (exact) mass is 253 g/mol. The lowest BCUT2D eigenvalue weighted by Crippen LogP contribution is -2.54. The molecule has 0 spiro atoms. The highest BCUT2D eigenvalue weighted by molar-refractivity contribution is 5.78. The van der Waals surface area contributed by atoms with Crippen LogP contribution in [0, 0.1) is 11.3 Å². The van der Waals surface area contributed by atoms with Crippen LogP contribution in [0.3, 0.4) is 0 Å². The first kappa shape index (κ1) is 14.9. The number of carbonyl (C=O) groups excluding carboxylic acids is 1. The largest absolute Gasteiger partial charge is 0.378 e. The third-order valence-electron chi connectivity index (χ3n) is 3.57. The molecule has 1 rings (SSSR count). The fourth-order valence-electron chi connectivity index (χ4n) is 2.03.